The van der Waals surface area contributed by atoms with Crippen LogP contribution < -0.4 is 5.32 Å². The van der Waals surface area contributed by atoms with Crippen LogP contribution in [0, 0.1) is 11.8 Å². The monoisotopic (exact) mass is 201 g/mol. The van der Waals surface area contributed by atoms with Gasteiger partial charge in [0.15, 0.2) is 0 Å². The van der Waals surface area contributed by atoms with Crippen molar-refractivity contribution in [3.8, 4) is 0 Å². The molecular formula is C11H23NS. The largest absolute Gasteiger partial charge is 0.302 e. The zero-order valence-electron chi connectivity index (χ0n) is 9.39. The summed E-state index contributed by atoms with van der Waals surface area (Å²) in [4.78, 5) is 0.405. The summed E-state index contributed by atoms with van der Waals surface area (Å²) in [7, 11) is 0. The van der Waals surface area contributed by atoms with Gasteiger partial charge in [-0.2, -0.15) is 0 Å². The maximum atomic E-state index is 3.70. The maximum absolute atomic E-state index is 3.70. The Bertz CT molecular complexity index is 136. The Morgan fingerprint density at radius 3 is 2.00 bits per heavy atom. The molecule has 1 N–H and O–H groups in total. The van der Waals surface area contributed by atoms with Crippen LogP contribution >= 0.6 is 11.8 Å². The third-order valence-electron chi connectivity index (χ3n) is 2.40. The van der Waals surface area contributed by atoms with Gasteiger partial charge in [-0.25, -0.2) is 0 Å². The van der Waals surface area contributed by atoms with Crippen molar-refractivity contribution in [2.24, 2.45) is 11.8 Å². The number of hydrogen-bond acceptors (Lipinski definition) is 2. The SMILES string of the molecule is CC(C)CC1(CC(C)C)NCCS1. The fourth-order valence-corrected chi connectivity index (χ4v) is 3.94. The van der Waals surface area contributed by atoms with Gasteiger partial charge in [0.25, 0.3) is 0 Å². The van der Waals surface area contributed by atoms with E-state index in [1.807, 2.05) is 0 Å². The molecule has 1 nitrogen and oxygen atoms in total. The van der Waals surface area contributed by atoms with Gasteiger partial charge in [0, 0.05) is 12.3 Å². The van der Waals surface area contributed by atoms with Crippen LogP contribution in [0.2, 0.25) is 0 Å². The topological polar surface area (TPSA) is 12.0 Å². The van der Waals surface area contributed by atoms with Crippen LogP contribution in [-0.4, -0.2) is 17.2 Å². The lowest BCUT2D eigenvalue weighted by Crippen LogP contribution is -2.39. The lowest BCUT2D eigenvalue weighted by molar-refractivity contribution is 0.343. The van der Waals surface area contributed by atoms with Gasteiger partial charge in [0.1, 0.15) is 0 Å². The summed E-state index contributed by atoms with van der Waals surface area (Å²) in [5.41, 5.74) is 0. The highest BCUT2D eigenvalue weighted by Crippen LogP contribution is 2.38. The number of rotatable bonds is 4. The molecule has 0 spiro atoms. The minimum atomic E-state index is 0.405. The lowest BCUT2D eigenvalue weighted by atomic mass is 9.95. The number of thioether (sulfide) groups is 1. The minimum absolute atomic E-state index is 0.405. The molecule has 13 heavy (non-hydrogen) atoms. The summed E-state index contributed by atoms with van der Waals surface area (Å²) < 4.78 is 0. The van der Waals surface area contributed by atoms with Gasteiger partial charge >= 0.3 is 0 Å². The van der Waals surface area contributed by atoms with E-state index in [-0.39, 0.29) is 0 Å². The molecule has 0 aromatic heterocycles. The third-order valence-corrected chi connectivity index (χ3v) is 3.84. The highest BCUT2D eigenvalue weighted by molar-refractivity contribution is 8.00. The van der Waals surface area contributed by atoms with Crippen LogP contribution in [0.15, 0.2) is 0 Å². The fourth-order valence-electron chi connectivity index (χ4n) is 2.24. The summed E-state index contributed by atoms with van der Waals surface area (Å²) in [5.74, 6) is 2.90. The molecular weight excluding hydrogens is 178 g/mol. The average Bonchev–Trinajstić information content (AvgIpc) is 2.33. The lowest BCUT2D eigenvalue weighted by Gasteiger charge is -2.32. The van der Waals surface area contributed by atoms with Gasteiger partial charge < -0.3 is 5.32 Å². The van der Waals surface area contributed by atoms with Gasteiger partial charge in [0.05, 0.1) is 4.87 Å². The van der Waals surface area contributed by atoms with E-state index >= 15 is 0 Å². The Kier molecular flexibility index (Phi) is 4.11. The zero-order valence-corrected chi connectivity index (χ0v) is 10.2. The molecule has 0 bridgehead atoms. The van der Waals surface area contributed by atoms with Crippen molar-refractivity contribution in [2.75, 3.05) is 12.3 Å². The van der Waals surface area contributed by atoms with Gasteiger partial charge in [-0.3, -0.25) is 0 Å². The molecule has 78 valence electrons. The quantitative estimate of drug-likeness (QED) is 0.750. The summed E-state index contributed by atoms with van der Waals surface area (Å²) in [6, 6.07) is 0. The van der Waals surface area contributed by atoms with Crippen molar-refractivity contribution < 1.29 is 0 Å². The standard InChI is InChI=1S/C11H23NS/c1-9(2)7-11(8-10(3)4)12-5-6-13-11/h9-10,12H,5-8H2,1-4H3. The van der Waals surface area contributed by atoms with Crippen molar-refractivity contribution in [1.82, 2.24) is 5.32 Å². The van der Waals surface area contributed by atoms with E-state index in [2.05, 4.69) is 44.8 Å². The molecule has 0 aliphatic carbocycles. The summed E-state index contributed by atoms with van der Waals surface area (Å²) in [5, 5.41) is 3.70. The summed E-state index contributed by atoms with van der Waals surface area (Å²) in [6.07, 6.45) is 2.63. The van der Waals surface area contributed by atoms with Crippen molar-refractivity contribution >= 4 is 11.8 Å². The van der Waals surface area contributed by atoms with Crippen LogP contribution in [-0.2, 0) is 0 Å². The summed E-state index contributed by atoms with van der Waals surface area (Å²) in [6.45, 7) is 10.5. The maximum Gasteiger partial charge on any atom is 0.0650 e. The molecule has 0 saturated carbocycles. The minimum Gasteiger partial charge on any atom is -0.302 e. The number of nitrogens with one attached hydrogen (secondary N) is 1. The first-order valence-corrected chi connectivity index (χ1v) is 6.41. The van der Waals surface area contributed by atoms with E-state index in [0.29, 0.717) is 4.87 Å². The first-order valence-electron chi connectivity index (χ1n) is 5.43. The molecule has 1 rings (SSSR count). The zero-order chi connectivity index (χ0) is 9.90. The Hall–Kier alpha value is 0.310. The van der Waals surface area contributed by atoms with Gasteiger partial charge in [-0.15, -0.1) is 11.8 Å². The smallest absolute Gasteiger partial charge is 0.0650 e. The first kappa shape index (κ1) is 11.4. The molecule has 0 unspecified atom stereocenters. The van der Waals surface area contributed by atoms with Crippen molar-refractivity contribution in [3.63, 3.8) is 0 Å². The van der Waals surface area contributed by atoms with E-state index in [0.717, 1.165) is 11.8 Å². The van der Waals surface area contributed by atoms with E-state index in [1.165, 1.54) is 25.1 Å². The van der Waals surface area contributed by atoms with Gasteiger partial charge in [0.2, 0.25) is 0 Å². The molecule has 0 radical (unpaired) electrons. The molecule has 0 amide bonds. The average molecular weight is 201 g/mol. The van der Waals surface area contributed by atoms with Crippen LogP contribution in [0.5, 0.6) is 0 Å². The Morgan fingerprint density at radius 2 is 1.69 bits per heavy atom. The predicted molar refractivity (Wildman–Crippen MR) is 62.1 cm³/mol. The first-order chi connectivity index (χ1) is 6.04. The highest BCUT2D eigenvalue weighted by atomic mass is 32.2. The molecule has 1 aliphatic heterocycles. The van der Waals surface area contributed by atoms with Crippen LogP contribution in [0.4, 0.5) is 0 Å². The Labute approximate surface area is 87.1 Å². The summed E-state index contributed by atoms with van der Waals surface area (Å²) >= 11 is 2.14. The Balaban J connectivity index is 2.52. The second-order valence-corrected chi connectivity index (χ2v) is 6.44. The molecule has 1 aliphatic rings. The second-order valence-electron chi connectivity index (χ2n) is 4.97. The van der Waals surface area contributed by atoms with E-state index < -0.39 is 0 Å². The third kappa shape index (κ3) is 3.51. The van der Waals surface area contributed by atoms with E-state index in [4.69, 9.17) is 0 Å². The molecule has 0 atom stereocenters. The predicted octanol–water partition coefficient (Wildman–Crippen LogP) is 3.11. The van der Waals surface area contributed by atoms with Crippen LogP contribution in [0.25, 0.3) is 0 Å². The molecule has 0 aromatic rings. The molecule has 1 heterocycles. The fraction of sp³-hybridized carbons (Fsp3) is 1.00. The second kappa shape index (κ2) is 4.70. The number of hydrogen-bond donors (Lipinski definition) is 1. The normalized spacial score (nSPS) is 21.7. The van der Waals surface area contributed by atoms with E-state index in [9.17, 15) is 0 Å². The molecule has 2 heteroatoms. The molecule has 1 saturated heterocycles. The van der Waals surface area contributed by atoms with Crippen molar-refractivity contribution in [2.45, 2.75) is 45.4 Å². The molecule has 0 aromatic carbocycles. The van der Waals surface area contributed by atoms with E-state index in [1.54, 1.807) is 0 Å². The highest BCUT2D eigenvalue weighted by Gasteiger charge is 2.35. The van der Waals surface area contributed by atoms with Crippen molar-refractivity contribution in [3.05, 3.63) is 0 Å². The van der Waals surface area contributed by atoms with Crippen LogP contribution in [0.3, 0.4) is 0 Å². The van der Waals surface area contributed by atoms with Crippen molar-refractivity contribution in [1.29, 1.82) is 0 Å². The van der Waals surface area contributed by atoms with Crippen LogP contribution in [0.1, 0.15) is 40.5 Å². The molecule has 1 fully saturated rings. The van der Waals surface area contributed by atoms with Gasteiger partial charge in [-0.05, 0) is 24.7 Å². The Morgan fingerprint density at radius 1 is 1.15 bits per heavy atom. The van der Waals surface area contributed by atoms with Gasteiger partial charge in [-0.1, -0.05) is 27.7 Å².